The van der Waals surface area contributed by atoms with E-state index in [1.807, 2.05) is 30.3 Å². The maximum atomic E-state index is 13.6. The second-order valence-electron chi connectivity index (χ2n) is 6.13. The first-order valence-corrected chi connectivity index (χ1v) is 7.84. The number of hydrogen-bond donors (Lipinski definition) is 2. The molecule has 1 atom stereocenters. The summed E-state index contributed by atoms with van der Waals surface area (Å²) >= 11 is 0. The minimum absolute atomic E-state index is 0.0890. The second kappa shape index (κ2) is 5.50. The summed E-state index contributed by atoms with van der Waals surface area (Å²) in [5.41, 5.74) is -1.25. The van der Waals surface area contributed by atoms with E-state index in [9.17, 15) is 19.1 Å². The Morgan fingerprint density at radius 3 is 2.68 bits per heavy atom. The van der Waals surface area contributed by atoms with Crippen LogP contribution in [0.15, 0.2) is 60.7 Å². The summed E-state index contributed by atoms with van der Waals surface area (Å²) in [7, 11) is 0. The molecule has 1 aliphatic rings. The number of nitrogens with one attached hydrogen (secondary N) is 1. The van der Waals surface area contributed by atoms with E-state index < -0.39 is 23.7 Å². The molecule has 3 aromatic rings. The Hall–Kier alpha value is -3.05. The number of ketones is 1. The Kier molecular flexibility index (Phi) is 3.40. The number of anilines is 1. The first kappa shape index (κ1) is 15.5. The number of halogens is 1. The summed E-state index contributed by atoms with van der Waals surface area (Å²) in [6, 6.07) is 16.3. The van der Waals surface area contributed by atoms with Crippen molar-refractivity contribution >= 4 is 28.2 Å². The third-order valence-electron chi connectivity index (χ3n) is 4.56. The van der Waals surface area contributed by atoms with Crippen molar-refractivity contribution in [1.82, 2.24) is 0 Å². The Balaban J connectivity index is 1.76. The number of aliphatic hydroxyl groups is 1. The number of rotatable bonds is 3. The molecule has 0 spiro atoms. The van der Waals surface area contributed by atoms with Crippen LogP contribution in [0.3, 0.4) is 0 Å². The van der Waals surface area contributed by atoms with Crippen LogP contribution >= 0.6 is 0 Å². The molecule has 2 N–H and O–H groups in total. The molecule has 0 saturated heterocycles. The predicted octanol–water partition coefficient (Wildman–Crippen LogP) is 3.39. The molecule has 1 amide bonds. The van der Waals surface area contributed by atoms with Crippen molar-refractivity contribution in [3.8, 4) is 0 Å². The van der Waals surface area contributed by atoms with E-state index in [0.717, 1.165) is 16.8 Å². The lowest BCUT2D eigenvalue weighted by Crippen LogP contribution is -2.36. The zero-order valence-electron chi connectivity index (χ0n) is 13.1. The lowest BCUT2D eigenvalue weighted by atomic mass is 9.87. The number of Topliss-reactive ketones (excluding diaryl/α,β-unsaturated/α-hetero) is 1. The molecule has 4 rings (SSSR count). The highest BCUT2D eigenvalue weighted by molar-refractivity contribution is 6.13. The molecule has 0 unspecified atom stereocenters. The van der Waals surface area contributed by atoms with Crippen LogP contribution in [0, 0.1) is 5.82 Å². The van der Waals surface area contributed by atoms with E-state index in [2.05, 4.69) is 5.32 Å². The van der Waals surface area contributed by atoms with Crippen LogP contribution in [0.4, 0.5) is 10.1 Å². The van der Waals surface area contributed by atoms with Crippen molar-refractivity contribution in [2.45, 2.75) is 12.0 Å². The highest BCUT2D eigenvalue weighted by Crippen LogP contribution is 2.39. The van der Waals surface area contributed by atoms with E-state index in [1.165, 1.54) is 12.1 Å². The van der Waals surface area contributed by atoms with E-state index in [4.69, 9.17) is 0 Å². The normalized spacial score (nSPS) is 18.9. The van der Waals surface area contributed by atoms with Crippen molar-refractivity contribution in [2.75, 3.05) is 5.32 Å². The van der Waals surface area contributed by atoms with Gasteiger partial charge in [0.25, 0.3) is 5.91 Å². The zero-order valence-corrected chi connectivity index (χ0v) is 13.1. The summed E-state index contributed by atoms with van der Waals surface area (Å²) in [5, 5.41) is 15.0. The molecule has 25 heavy (non-hydrogen) atoms. The summed E-state index contributed by atoms with van der Waals surface area (Å²) in [4.78, 5) is 25.1. The van der Waals surface area contributed by atoms with Crippen molar-refractivity contribution in [2.24, 2.45) is 0 Å². The van der Waals surface area contributed by atoms with Crippen LogP contribution in [0.25, 0.3) is 10.8 Å². The summed E-state index contributed by atoms with van der Waals surface area (Å²) in [6.45, 7) is 0. The van der Waals surface area contributed by atoms with Crippen LogP contribution in [0.2, 0.25) is 0 Å². The average Bonchev–Trinajstić information content (AvgIpc) is 2.85. The summed E-state index contributed by atoms with van der Waals surface area (Å²) in [5.74, 6) is -1.68. The smallest absolute Gasteiger partial charge is 0.261 e. The van der Waals surface area contributed by atoms with Gasteiger partial charge in [0.2, 0.25) is 0 Å². The van der Waals surface area contributed by atoms with E-state index >= 15 is 0 Å². The third-order valence-corrected chi connectivity index (χ3v) is 4.56. The molecule has 124 valence electrons. The maximum Gasteiger partial charge on any atom is 0.261 e. The minimum Gasteiger partial charge on any atom is -0.375 e. The molecule has 0 radical (unpaired) electrons. The standard InChI is InChI=1S/C20H14FNO3/c21-13-8-9-17-16(10-13)20(25,19(24)22-17)11-18(23)15-7-3-5-12-4-1-2-6-14(12)15/h1-10,25H,11H2,(H,22,24)/t20-/m0/s1. The number of fused-ring (bicyclic) bond motifs is 2. The molecule has 0 fully saturated rings. The first-order valence-electron chi connectivity index (χ1n) is 7.84. The third kappa shape index (κ3) is 2.40. The van der Waals surface area contributed by atoms with Gasteiger partial charge in [-0.2, -0.15) is 0 Å². The fraction of sp³-hybridized carbons (Fsp3) is 0.100. The van der Waals surface area contributed by atoms with Gasteiger partial charge in [0, 0.05) is 16.8 Å². The average molecular weight is 335 g/mol. The van der Waals surface area contributed by atoms with Crippen molar-refractivity contribution in [3.05, 3.63) is 77.6 Å². The Bertz CT molecular complexity index is 1030. The molecule has 0 aromatic heterocycles. The number of carbonyl (C=O) groups excluding carboxylic acids is 2. The zero-order chi connectivity index (χ0) is 17.6. The van der Waals surface area contributed by atoms with Crippen LogP contribution in [0.1, 0.15) is 22.3 Å². The molecule has 0 aliphatic carbocycles. The van der Waals surface area contributed by atoms with Gasteiger partial charge in [-0.1, -0.05) is 42.5 Å². The van der Waals surface area contributed by atoms with Gasteiger partial charge in [-0.3, -0.25) is 9.59 Å². The predicted molar refractivity (Wildman–Crippen MR) is 91.8 cm³/mol. The van der Waals surface area contributed by atoms with Gasteiger partial charge >= 0.3 is 0 Å². The van der Waals surface area contributed by atoms with Crippen molar-refractivity contribution in [3.63, 3.8) is 0 Å². The van der Waals surface area contributed by atoms with Crippen molar-refractivity contribution < 1.29 is 19.1 Å². The quantitative estimate of drug-likeness (QED) is 0.721. The molecule has 1 heterocycles. The van der Waals surface area contributed by atoms with Gasteiger partial charge in [0.05, 0.1) is 6.42 Å². The van der Waals surface area contributed by atoms with E-state index in [0.29, 0.717) is 11.3 Å². The van der Waals surface area contributed by atoms with Crippen molar-refractivity contribution in [1.29, 1.82) is 0 Å². The molecule has 0 bridgehead atoms. The van der Waals surface area contributed by atoms with Gasteiger partial charge in [-0.15, -0.1) is 0 Å². The van der Waals surface area contributed by atoms with Crippen LogP contribution < -0.4 is 5.32 Å². The molecule has 3 aromatic carbocycles. The maximum absolute atomic E-state index is 13.6. The Morgan fingerprint density at radius 2 is 1.84 bits per heavy atom. The molecule has 0 saturated carbocycles. The lowest BCUT2D eigenvalue weighted by molar-refractivity contribution is -0.133. The fourth-order valence-corrected chi connectivity index (χ4v) is 3.29. The van der Waals surface area contributed by atoms with Gasteiger partial charge < -0.3 is 10.4 Å². The minimum atomic E-state index is -2.08. The number of hydrogen-bond acceptors (Lipinski definition) is 3. The van der Waals surface area contributed by atoms with E-state index in [-0.39, 0.29) is 11.3 Å². The van der Waals surface area contributed by atoms with E-state index in [1.54, 1.807) is 12.1 Å². The Morgan fingerprint density at radius 1 is 1.08 bits per heavy atom. The van der Waals surface area contributed by atoms with Gasteiger partial charge in [0.1, 0.15) is 5.82 Å². The van der Waals surface area contributed by atoms with Gasteiger partial charge in [-0.05, 0) is 29.0 Å². The Labute approximate surface area is 142 Å². The molecular weight excluding hydrogens is 321 g/mol. The highest BCUT2D eigenvalue weighted by atomic mass is 19.1. The summed E-state index contributed by atoms with van der Waals surface area (Å²) < 4.78 is 13.6. The van der Waals surface area contributed by atoms with Gasteiger partial charge in [-0.25, -0.2) is 4.39 Å². The molecule has 4 nitrogen and oxygen atoms in total. The highest BCUT2D eigenvalue weighted by Gasteiger charge is 2.47. The van der Waals surface area contributed by atoms with Crippen LogP contribution in [-0.4, -0.2) is 16.8 Å². The number of benzene rings is 3. The topological polar surface area (TPSA) is 66.4 Å². The molecule has 1 aliphatic heterocycles. The second-order valence-corrected chi connectivity index (χ2v) is 6.13. The number of amides is 1. The van der Waals surface area contributed by atoms with Crippen LogP contribution in [0.5, 0.6) is 0 Å². The SMILES string of the molecule is O=C(C[C@@]1(O)C(=O)Nc2ccc(F)cc21)c1cccc2ccccc12. The monoisotopic (exact) mass is 335 g/mol. The van der Waals surface area contributed by atoms with Gasteiger partial charge in [0.15, 0.2) is 11.4 Å². The first-order chi connectivity index (χ1) is 12.0. The fourth-order valence-electron chi connectivity index (χ4n) is 3.29. The molecular formula is C20H14FNO3. The largest absolute Gasteiger partial charge is 0.375 e. The number of carbonyl (C=O) groups is 2. The van der Waals surface area contributed by atoms with Crippen LogP contribution in [-0.2, 0) is 10.4 Å². The summed E-state index contributed by atoms with van der Waals surface area (Å²) in [6.07, 6.45) is -0.455. The lowest BCUT2D eigenvalue weighted by Gasteiger charge is -2.20. The molecule has 5 heteroatoms.